The Morgan fingerprint density at radius 1 is 0.163 bits per heavy atom. The van der Waals surface area contributed by atoms with Crippen molar-refractivity contribution in [2.45, 2.75) is 425 Å². The molecule has 1 N–H and O–H groups in total. The molecule has 0 aliphatic rings. The Hall–Kier alpha value is -7.99. The second kappa shape index (κ2) is 93.3. The third-order valence-electron chi connectivity index (χ3n) is 21.1. The van der Waals surface area contributed by atoms with Crippen LogP contribution in [0.15, 0.2) is 0 Å². The zero-order valence-electron chi connectivity index (χ0n) is 79.3. The molecule has 0 aromatic carbocycles. The molecule has 0 bridgehead atoms. The molecule has 0 radical (unpaired) electrons. The lowest BCUT2D eigenvalue weighted by Gasteiger charge is -2.14. The number of carbonyl (C=O) groups excluding carboxylic acids is 15. The van der Waals surface area contributed by atoms with Crippen molar-refractivity contribution in [3.05, 3.63) is 0 Å². The lowest BCUT2D eigenvalue weighted by molar-refractivity contribution is -0.146. The van der Waals surface area contributed by atoms with Gasteiger partial charge < -0.3 is 76.2 Å². The van der Waals surface area contributed by atoms with Crippen LogP contribution in [-0.4, -0.2) is 200 Å². The molecule has 129 heavy (non-hydrogen) atoms. The van der Waals surface area contributed by atoms with Gasteiger partial charge in [0.1, 0.15) is 0 Å². The van der Waals surface area contributed by atoms with Gasteiger partial charge in [0.15, 0.2) is 0 Å². The van der Waals surface area contributed by atoms with Crippen LogP contribution < -0.4 is 0 Å². The fourth-order valence-electron chi connectivity index (χ4n) is 13.0. The summed E-state index contributed by atoms with van der Waals surface area (Å²) >= 11 is 0. The van der Waals surface area contributed by atoms with Gasteiger partial charge in [-0.15, -0.1) is 0 Å². The van der Waals surface area contributed by atoms with Gasteiger partial charge in [-0.1, -0.05) is 39.5 Å². The summed E-state index contributed by atoms with van der Waals surface area (Å²) in [7, 11) is 0. The van der Waals surface area contributed by atoms with Gasteiger partial charge in [0.05, 0.1) is 99.1 Å². The normalized spacial score (nSPS) is 11.2. The third-order valence-corrected chi connectivity index (χ3v) is 21.1. The van der Waals surface area contributed by atoms with Gasteiger partial charge in [0.2, 0.25) is 0 Å². The van der Waals surface area contributed by atoms with Crippen LogP contribution in [0, 0.1) is 5.92 Å². The highest BCUT2D eigenvalue weighted by molar-refractivity contribution is 5.74. The number of aliphatic hydroxyl groups is 1. The maximum atomic E-state index is 12.2. The average molecular weight is 1840 g/mol. The van der Waals surface area contributed by atoms with Crippen molar-refractivity contribution in [2.75, 3.05) is 106 Å². The van der Waals surface area contributed by atoms with Crippen molar-refractivity contribution in [2.24, 2.45) is 5.92 Å². The van der Waals surface area contributed by atoms with Crippen molar-refractivity contribution in [3.63, 3.8) is 0 Å². The van der Waals surface area contributed by atoms with Gasteiger partial charge in [0, 0.05) is 103 Å². The van der Waals surface area contributed by atoms with Crippen molar-refractivity contribution >= 4 is 89.5 Å². The smallest absolute Gasteiger partial charge is 0.305 e. The van der Waals surface area contributed by atoms with Gasteiger partial charge in [-0.3, -0.25) is 71.9 Å². The zero-order valence-corrected chi connectivity index (χ0v) is 79.3. The molecule has 0 fully saturated rings. The van der Waals surface area contributed by atoms with Crippen molar-refractivity contribution in [1.82, 2.24) is 0 Å². The molecular weight excluding hydrogens is 1670 g/mol. The van der Waals surface area contributed by atoms with Crippen LogP contribution in [0.4, 0.5) is 0 Å². The molecule has 0 rings (SSSR count). The summed E-state index contributed by atoms with van der Waals surface area (Å²) in [4.78, 5) is 181. The van der Waals surface area contributed by atoms with Gasteiger partial charge in [-0.2, -0.15) is 0 Å². The minimum atomic E-state index is -0.294. The molecule has 746 valence electrons. The summed E-state index contributed by atoms with van der Waals surface area (Å²) in [5, 5.41) is 8.78. The molecule has 31 heteroatoms. The van der Waals surface area contributed by atoms with Crippen LogP contribution in [0.2, 0.25) is 0 Å². The molecule has 0 aliphatic carbocycles. The summed E-state index contributed by atoms with van der Waals surface area (Å²) < 4.78 is 79.6. The number of hydrogen-bond donors (Lipinski definition) is 1. The topological polar surface area (TPSA) is 415 Å². The van der Waals surface area contributed by atoms with Gasteiger partial charge >= 0.3 is 89.5 Å². The number of ether oxygens (including phenoxy) is 15. The van der Waals surface area contributed by atoms with E-state index in [2.05, 4.69) is 13.8 Å². The molecule has 0 saturated carbocycles. The third kappa shape index (κ3) is 91.7. The molecule has 1 unspecified atom stereocenters. The number of hydrogen-bond acceptors (Lipinski definition) is 31. The van der Waals surface area contributed by atoms with E-state index in [9.17, 15) is 71.9 Å². The first-order valence-electron chi connectivity index (χ1n) is 49.7. The molecule has 0 aromatic rings. The Morgan fingerprint density at radius 3 is 0.403 bits per heavy atom. The van der Waals surface area contributed by atoms with E-state index in [1.165, 1.54) is 0 Å². The summed E-state index contributed by atoms with van der Waals surface area (Å²) in [6, 6.07) is 0. The fourth-order valence-corrected chi connectivity index (χ4v) is 13.0. The number of rotatable bonds is 95. The minimum absolute atomic E-state index is 0.126. The highest BCUT2D eigenvalue weighted by atomic mass is 16.6. The average Bonchev–Trinajstić information content (AvgIpc) is 0.980. The fraction of sp³-hybridized carbons (Fsp3) is 0.847. The summed E-state index contributed by atoms with van der Waals surface area (Å²) in [6.45, 7) is 8.92. The summed E-state index contributed by atoms with van der Waals surface area (Å²) in [6.07, 6.45) is 38.9. The Kier molecular flexibility index (Phi) is 87.5. The standard InChI is InChI=1S/C98H168O31/c1-3-5-51-83(4-2)82-129-98(114)66-35-20-50-81-128-97(113)65-34-19-49-80-127-96(112)64-33-18-48-79-126-95(111)63-32-17-47-78-125-94(110)62-31-16-46-77-124-93(109)61-30-15-45-76-123-92(108)60-29-14-44-75-122-91(107)59-28-13-43-74-121-90(106)58-27-12-42-73-120-89(105)57-26-11-41-72-119-88(104)56-25-10-40-71-118-87(103)55-24-9-39-70-117-86(102)54-23-8-38-69-116-85(101)53-22-7-37-68-115-84(100)52-21-6-36-67-99/h83,99H,3-82H2,1-2H3. The maximum Gasteiger partial charge on any atom is 0.305 e. The van der Waals surface area contributed by atoms with Crippen LogP contribution in [0.3, 0.4) is 0 Å². The molecular formula is C98H168O31. The molecule has 1 atom stereocenters. The minimum Gasteiger partial charge on any atom is -0.466 e. The largest absolute Gasteiger partial charge is 0.466 e. The van der Waals surface area contributed by atoms with E-state index in [4.69, 9.17) is 76.2 Å². The Labute approximate surface area is 770 Å². The van der Waals surface area contributed by atoms with E-state index < -0.39 is 0 Å². The Balaban J connectivity index is 3.54. The first-order valence-corrected chi connectivity index (χ1v) is 49.7. The monoisotopic (exact) mass is 1840 g/mol. The molecule has 0 aliphatic heterocycles. The SMILES string of the molecule is CCCCC(CC)COC(=O)CCCCCOC(=O)CCCCCOC(=O)CCCCCOC(=O)CCCCCOC(=O)CCCCCOC(=O)CCCCCOC(=O)CCCCCOC(=O)CCCCCOC(=O)CCCCCOC(=O)CCCCCOC(=O)CCCCCOC(=O)CCCCCOC(=O)CCCCCOC(=O)CCCCCOC(=O)CCCCCO. The van der Waals surface area contributed by atoms with E-state index in [1.807, 2.05) is 0 Å². The van der Waals surface area contributed by atoms with Crippen LogP contribution in [0.5, 0.6) is 0 Å². The van der Waals surface area contributed by atoms with Crippen molar-refractivity contribution in [3.8, 4) is 0 Å². The van der Waals surface area contributed by atoms with E-state index in [-0.39, 0.29) is 233 Å². The molecule has 31 nitrogen and oxygen atoms in total. The molecule has 0 spiro atoms. The summed E-state index contributed by atoms with van der Waals surface area (Å²) in [5.41, 5.74) is 0. The predicted octanol–water partition coefficient (Wildman–Crippen LogP) is 18.7. The van der Waals surface area contributed by atoms with E-state index in [1.54, 1.807) is 0 Å². The second-order valence-corrected chi connectivity index (χ2v) is 33.1. The first-order chi connectivity index (χ1) is 62.8. The molecule has 0 heterocycles. The number of unbranched alkanes of at least 4 members (excludes halogenated alkanes) is 31. The van der Waals surface area contributed by atoms with Crippen LogP contribution in [-0.2, 0) is 143 Å². The second-order valence-electron chi connectivity index (χ2n) is 33.1. The Morgan fingerprint density at radius 2 is 0.287 bits per heavy atom. The van der Waals surface area contributed by atoms with Crippen LogP contribution in [0.1, 0.15) is 425 Å². The highest BCUT2D eigenvalue weighted by Crippen LogP contribution is 2.18. The zero-order chi connectivity index (χ0) is 94.4. The number of carbonyl (C=O) groups is 15. The Bertz CT molecular complexity index is 2800. The number of aliphatic hydroxyl groups excluding tert-OH is 1. The van der Waals surface area contributed by atoms with E-state index in [0.29, 0.717) is 315 Å². The predicted molar refractivity (Wildman–Crippen MR) is 482 cm³/mol. The lowest BCUT2D eigenvalue weighted by atomic mass is 10.0. The van der Waals surface area contributed by atoms with Crippen molar-refractivity contribution < 1.29 is 148 Å². The van der Waals surface area contributed by atoms with Gasteiger partial charge in [-0.25, -0.2) is 0 Å². The van der Waals surface area contributed by atoms with Gasteiger partial charge in [-0.05, 0) is 295 Å². The van der Waals surface area contributed by atoms with Crippen molar-refractivity contribution in [1.29, 1.82) is 0 Å². The van der Waals surface area contributed by atoms with Crippen LogP contribution in [0.25, 0.3) is 0 Å². The maximum absolute atomic E-state index is 12.2. The summed E-state index contributed by atoms with van der Waals surface area (Å²) in [5.74, 6) is -3.63. The number of esters is 15. The van der Waals surface area contributed by atoms with E-state index >= 15 is 0 Å². The molecule has 0 aromatic heterocycles. The lowest BCUT2D eigenvalue weighted by Crippen LogP contribution is -2.13. The molecule has 0 amide bonds. The van der Waals surface area contributed by atoms with Crippen LogP contribution >= 0.6 is 0 Å². The molecule has 0 saturated heterocycles. The first kappa shape index (κ1) is 121. The van der Waals surface area contributed by atoms with E-state index in [0.717, 1.165) is 64.2 Å². The quantitative estimate of drug-likeness (QED) is 0.0336. The highest BCUT2D eigenvalue weighted by Gasteiger charge is 2.17. The van der Waals surface area contributed by atoms with Gasteiger partial charge in [0.25, 0.3) is 0 Å².